The molecule has 11 aromatic rings. The summed E-state index contributed by atoms with van der Waals surface area (Å²) in [4.78, 5) is 7.96. The summed E-state index contributed by atoms with van der Waals surface area (Å²) in [7, 11) is 0. The van der Waals surface area contributed by atoms with Crippen molar-refractivity contribution in [1.82, 2.24) is 0 Å². The molecule has 0 spiro atoms. The Bertz CT molecular complexity index is 4130. The molecule has 3 aliphatic heterocycles. The molecule has 9 aromatic carbocycles. The van der Waals surface area contributed by atoms with Crippen LogP contribution >= 0.6 is 11.3 Å². The Morgan fingerprint density at radius 2 is 1.21 bits per heavy atom. The van der Waals surface area contributed by atoms with Crippen LogP contribution in [0.1, 0.15) is 77.0 Å². The zero-order valence-corrected chi connectivity index (χ0v) is 43.2. The molecule has 1 fully saturated rings. The van der Waals surface area contributed by atoms with E-state index in [0.29, 0.717) is 0 Å². The molecule has 354 valence electrons. The third kappa shape index (κ3) is 5.96. The van der Waals surface area contributed by atoms with E-state index in [2.05, 4.69) is 238 Å². The molecule has 4 aliphatic rings. The summed E-state index contributed by atoms with van der Waals surface area (Å²) < 4.78 is 9.64. The maximum Gasteiger partial charge on any atom is 0.252 e. The van der Waals surface area contributed by atoms with Crippen molar-refractivity contribution >= 4 is 122 Å². The molecule has 73 heavy (non-hydrogen) atoms. The highest BCUT2D eigenvalue weighted by Crippen LogP contribution is 2.62. The summed E-state index contributed by atoms with van der Waals surface area (Å²) in [5, 5.41) is 4.86. The highest BCUT2D eigenvalue weighted by molar-refractivity contribution is 7.26. The minimum absolute atomic E-state index is 0.0331. The van der Waals surface area contributed by atoms with Crippen LogP contribution in [-0.2, 0) is 10.8 Å². The molecule has 4 nitrogen and oxygen atoms in total. The van der Waals surface area contributed by atoms with E-state index in [1.54, 1.807) is 0 Å². The van der Waals surface area contributed by atoms with Crippen LogP contribution in [0, 0.1) is 6.92 Å². The quantitative estimate of drug-likeness (QED) is 0.164. The van der Waals surface area contributed by atoms with Crippen molar-refractivity contribution in [2.24, 2.45) is 0 Å². The number of fused-ring (bicyclic) bond motifs is 13. The van der Waals surface area contributed by atoms with Crippen LogP contribution in [0.3, 0.4) is 0 Å². The Labute approximate surface area is 432 Å². The first-order valence-electron chi connectivity index (χ1n) is 26.3. The average molecular weight is 962 g/mol. The first-order chi connectivity index (χ1) is 35.5. The molecule has 0 amide bonds. The van der Waals surface area contributed by atoms with Crippen molar-refractivity contribution in [3.05, 3.63) is 199 Å². The molecule has 0 radical (unpaired) electrons. The summed E-state index contributed by atoms with van der Waals surface area (Å²) in [6.07, 6.45) is 4.73. The van der Waals surface area contributed by atoms with Crippen molar-refractivity contribution < 1.29 is 4.42 Å². The summed E-state index contributed by atoms with van der Waals surface area (Å²) in [6, 6.07) is 69.2. The van der Waals surface area contributed by atoms with Gasteiger partial charge in [0.2, 0.25) is 0 Å². The lowest BCUT2D eigenvalue weighted by molar-refractivity contribution is 0.195. The van der Waals surface area contributed by atoms with E-state index in [-0.39, 0.29) is 23.1 Å². The summed E-state index contributed by atoms with van der Waals surface area (Å²) >= 11 is 1.89. The smallest absolute Gasteiger partial charge is 0.252 e. The van der Waals surface area contributed by atoms with Crippen molar-refractivity contribution in [2.75, 3.05) is 14.7 Å². The maximum atomic E-state index is 7.03. The second-order valence-corrected chi connectivity index (χ2v) is 23.9. The van der Waals surface area contributed by atoms with Crippen LogP contribution in [0.25, 0.3) is 53.2 Å². The number of benzene rings is 9. The predicted octanol–water partition coefficient (Wildman–Crippen LogP) is 17.1. The fourth-order valence-corrected chi connectivity index (χ4v) is 15.2. The number of rotatable bonds is 4. The van der Waals surface area contributed by atoms with Gasteiger partial charge in [-0.1, -0.05) is 150 Å². The number of nitrogens with zero attached hydrogens (tertiary/aromatic N) is 3. The predicted molar refractivity (Wildman–Crippen MR) is 312 cm³/mol. The molecule has 2 aromatic heterocycles. The lowest BCUT2D eigenvalue weighted by Crippen LogP contribution is -2.61. The lowest BCUT2D eigenvalue weighted by Gasteiger charge is -2.50. The topological polar surface area (TPSA) is 22.9 Å². The van der Waals surface area contributed by atoms with Gasteiger partial charge in [-0.2, -0.15) is 0 Å². The first-order valence-corrected chi connectivity index (χ1v) is 27.1. The van der Waals surface area contributed by atoms with Gasteiger partial charge in [0.15, 0.2) is 5.58 Å². The number of furan rings is 1. The number of para-hydroxylation sites is 2. The largest absolute Gasteiger partial charge is 0.454 e. The van der Waals surface area contributed by atoms with E-state index < -0.39 is 0 Å². The Morgan fingerprint density at radius 3 is 2.03 bits per heavy atom. The third-order valence-corrected chi connectivity index (χ3v) is 18.9. The molecule has 0 N–H and O–H groups in total. The molecular weight excluding hydrogens is 906 g/mol. The fraction of sp³-hybridized carbons (Fsp3) is 0.194. The van der Waals surface area contributed by atoms with E-state index in [4.69, 9.17) is 4.42 Å². The second-order valence-electron chi connectivity index (χ2n) is 22.8. The molecule has 2 unspecified atom stereocenters. The number of thiophene rings is 1. The zero-order chi connectivity index (χ0) is 49.1. The van der Waals surface area contributed by atoms with Gasteiger partial charge in [0.05, 0.1) is 16.9 Å². The van der Waals surface area contributed by atoms with Crippen molar-refractivity contribution in [1.29, 1.82) is 0 Å². The van der Waals surface area contributed by atoms with E-state index in [0.717, 1.165) is 40.5 Å². The highest BCUT2D eigenvalue weighted by Gasteiger charge is 2.58. The Morgan fingerprint density at radius 1 is 0.534 bits per heavy atom. The molecule has 0 saturated heterocycles. The molecule has 2 atom stereocenters. The highest BCUT2D eigenvalue weighted by atomic mass is 32.1. The minimum Gasteiger partial charge on any atom is -0.454 e. The summed E-state index contributed by atoms with van der Waals surface area (Å²) in [5.74, 6) is 0. The average Bonchev–Trinajstić information content (AvgIpc) is 4.04. The first kappa shape index (κ1) is 43.1. The molecule has 1 saturated carbocycles. The number of hydrogen-bond donors (Lipinski definition) is 0. The van der Waals surface area contributed by atoms with Crippen LogP contribution in [0.2, 0.25) is 0 Å². The van der Waals surface area contributed by atoms with Gasteiger partial charge in [-0.15, -0.1) is 11.3 Å². The monoisotopic (exact) mass is 961 g/mol. The van der Waals surface area contributed by atoms with Crippen molar-refractivity contribution in [3.63, 3.8) is 0 Å². The van der Waals surface area contributed by atoms with Crippen LogP contribution in [-0.4, -0.2) is 12.3 Å². The summed E-state index contributed by atoms with van der Waals surface area (Å²) in [5.41, 5.74) is 21.8. The number of hydrogen-bond acceptors (Lipinski definition) is 5. The molecular formula is C67H56BN3OS. The molecule has 1 aliphatic carbocycles. The minimum atomic E-state index is -0.134. The van der Waals surface area contributed by atoms with Gasteiger partial charge in [0, 0.05) is 70.5 Å². The SMILES string of the molecule is Cc1cc2c3c(c1)N(c1cccc4sc5ccccc5c14)c1cc(C(C)(C)C)ccc1B3c1ccc(N3c4ccc(-c5ccccc5)cc4C4(C)CCCCC34C)cc1N2c1cccc2c1oc1ccccc12. The maximum absolute atomic E-state index is 7.03. The lowest BCUT2D eigenvalue weighted by atomic mass is 9.33. The summed E-state index contributed by atoms with van der Waals surface area (Å²) in [6.45, 7) is 14.4. The second kappa shape index (κ2) is 15.3. The standard InChI is InChI=1S/C67H56BN3OS/c1-41-36-57-63-58(37-41)70(54-24-16-22-47-46-20-10-12-25-59(46)72-64(47)54)56-40-45(71-52-33-28-43(42-18-8-7-9-19-42)38-49(52)66(5)34-14-15-35-67(66,71)6)30-32-51(56)68(63)50-31-29-44(65(2,3)4)39-55(50)69(57)53-23-17-27-61-62(53)48-21-11-13-26-60(48)73-61/h7-13,16-33,36-40H,14-15,34-35H2,1-6H3. The normalized spacial score (nSPS) is 18.9. The van der Waals surface area contributed by atoms with Gasteiger partial charge in [-0.3, -0.25) is 0 Å². The van der Waals surface area contributed by atoms with Gasteiger partial charge in [-0.25, -0.2) is 0 Å². The fourth-order valence-electron chi connectivity index (χ4n) is 14.0. The van der Waals surface area contributed by atoms with Gasteiger partial charge in [0.1, 0.15) is 5.58 Å². The Kier molecular flexibility index (Phi) is 9.00. The van der Waals surface area contributed by atoms with Gasteiger partial charge < -0.3 is 19.1 Å². The third-order valence-electron chi connectivity index (χ3n) is 17.8. The van der Waals surface area contributed by atoms with Crippen LogP contribution in [0.15, 0.2) is 186 Å². The van der Waals surface area contributed by atoms with E-state index >= 15 is 0 Å². The Balaban J connectivity index is 1.02. The molecule has 5 heterocycles. The van der Waals surface area contributed by atoms with Crippen molar-refractivity contribution in [3.8, 4) is 11.1 Å². The van der Waals surface area contributed by atoms with Crippen molar-refractivity contribution in [2.45, 2.75) is 83.6 Å². The van der Waals surface area contributed by atoms with Crippen LogP contribution in [0.4, 0.5) is 45.5 Å². The van der Waals surface area contributed by atoms with E-state index in [1.807, 2.05) is 11.3 Å². The van der Waals surface area contributed by atoms with E-state index in [9.17, 15) is 0 Å². The van der Waals surface area contributed by atoms with Crippen LogP contribution < -0.4 is 31.1 Å². The van der Waals surface area contributed by atoms with Gasteiger partial charge in [-0.05, 0) is 149 Å². The number of anilines is 8. The molecule has 6 heteroatoms. The molecule has 0 bridgehead atoms. The number of aryl methyl sites for hydroxylation is 1. The van der Waals surface area contributed by atoms with E-state index in [1.165, 1.54) is 117 Å². The van der Waals surface area contributed by atoms with Crippen LogP contribution in [0.5, 0.6) is 0 Å². The Hall–Kier alpha value is -7.54. The van der Waals surface area contributed by atoms with Gasteiger partial charge in [0.25, 0.3) is 6.71 Å². The van der Waals surface area contributed by atoms with Gasteiger partial charge >= 0.3 is 0 Å². The molecule has 15 rings (SSSR count). The zero-order valence-electron chi connectivity index (χ0n) is 42.4.